The molecule has 0 radical (unpaired) electrons. The second-order valence-corrected chi connectivity index (χ2v) is 3.30. The lowest BCUT2D eigenvalue weighted by atomic mass is 10.00. The minimum Gasteiger partial charge on any atom is -0.508 e. The van der Waals surface area contributed by atoms with E-state index < -0.39 is 35.3 Å². The first-order chi connectivity index (χ1) is 7.57. The first kappa shape index (κ1) is 13.6. The van der Waals surface area contributed by atoms with Crippen molar-refractivity contribution in [1.82, 2.24) is 0 Å². The third-order valence-electron chi connectivity index (χ3n) is 2.09. The molecule has 0 saturated carbocycles. The van der Waals surface area contributed by atoms with E-state index in [-0.39, 0.29) is 0 Å². The van der Waals surface area contributed by atoms with Gasteiger partial charge in [-0.3, -0.25) is 0 Å². The van der Waals surface area contributed by atoms with Gasteiger partial charge in [0.25, 0.3) is 0 Å². The van der Waals surface area contributed by atoms with E-state index in [1.54, 1.807) is 0 Å². The van der Waals surface area contributed by atoms with Crippen molar-refractivity contribution in [2.24, 2.45) is 5.73 Å². The summed E-state index contributed by atoms with van der Waals surface area (Å²) in [6.07, 6.45) is -5.88. The summed E-state index contributed by atoms with van der Waals surface area (Å²) in [5.74, 6) is -7.27. The Morgan fingerprint density at radius 2 is 1.65 bits per heavy atom. The van der Waals surface area contributed by atoms with Crippen LogP contribution in [0.2, 0.25) is 0 Å². The second kappa shape index (κ2) is 4.10. The largest absolute Gasteiger partial charge is 0.508 e. The van der Waals surface area contributed by atoms with Crippen LogP contribution in [-0.2, 0) is 0 Å². The average Bonchev–Trinajstić information content (AvgIpc) is 2.19. The van der Waals surface area contributed by atoms with Gasteiger partial charge in [-0.15, -0.1) is 0 Å². The lowest BCUT2D eigenvalue weighted by Crippen LogP contribution is -2.45. The fraction of sp³-hybridized carbons (Fsp3) is 0.333. The highest BCUT2D eigenvalue weighted by atomic mass is 19.4. The molecule has 3 N–H and O–H groups in total. The van der Waals surface area contributed by atoms with Crippen molar-refractivity contribution < 1.29 is 31.4 Å². The van der Waals surface area contributed by atoms with Gasteiger partial charge < -0.3 is 10.8 Å². The Bertz CT molecular complexity index is 416. The zero-order chi connectivity index (χ0) is 13.4. The van der Waals surface area contributed by atoms with E-state index in [1.165, 1.54) is 0 Å². The second-order valence-electron chi connectivity index (χ2n) is 3.30. The molecule has 0 amide bonds. The highest BCUT2D eigenvalue weighted by Crippen LogP contribution is 2.44. The standard InChI is InChI=1S/C9H7F6NO/c10-4-1-2-6(17)5(3-4)7(16)8(11,12)9(13,14)15/h1-3,7,17H,16H2/t7-/m0/s1. The maximum absolute atomic E-state index is 12.8. The fourth-order valence-corrected chi connectivity index (χ4v) is 1.15. The molecule has 0 aliphatic rings. The van der Waals surface area contributed by atoms with Crippen molar-refractivity contribution in [2.45, 2.75) is 18.1 Å². The highest BCUT2D eigenvalue weighted by molar-refractivity contribution is 5.36. The predicted molar refractivity (Wildman–Crippen MR) is 46.0 cm³/mol. The molecule has 0 fully saturated rings. The summed E-state index contributed by atoms with van der Waals surface area (Å²) in [6.45, 7) is 0. The summed E-state index contributed by atoms with van der Waals surface area (Å²) in [5.41, 5.74) is 3.72. The molecule has 0 aliphatic carbocycles. The van der Waals surface area contributed by atoms with Crippen molar-refractivity contribution in [1.29, 1.82) is 0 Å². The van der Waals surface area contributed by atoms with Crippen molar-refractivity contribution in [3.63, 3.8) is 0 Å². The molecular weight excluding hydrogens is 252 g/mol. The number of phenols is 1. The van der Waals surface area contributed by atoms with Crippen molar-refractivity contribution in [3.8, 4) is 5.75 Å². The maximum atomic E-state index is 12.8. The van der Waals surface area contributed by atoms with Crippen LogP contribution in [0, 0.1) is 5.82 Å². The number of benzene rings is 1. The van der Waals surface area contributed by atoms with Crippen LogP contribution in [0.4, 0.5) is 26.3 Å². The molecule has 1 aromatic rings. The topological polar surface area (TPSA) is 46.2 Å². The summed E-state index contributed by atoms with van der Waals surface area (Å²) in [4.78, 5) is 0. The predicted octanol–water partition coefficient (Wildman–Crippen LogP) is 2.73. The summed E-state index contributed by atoms with van der Waals surface area (Å²) < 4.78 is 74.4. The number of hydrogen-bond donors (Lipinski definition) is 2. The van der Waals surface area contributed by atoms with E-state index in [1.807, 2.05) is 0 Å². The molecular formula is C9H7F6NO. The lowest BCUT2D eigenvalue weighted by molar-refractivity contribution is -0.291. The molecule has 0 heterocycles. The van der Waals surface area contributed by atoms with Gasteiger partial charge in [0.1, 0.15) is 17.6 Å². The third-order valence-corrected chi connectivity index (χ3v) is 2.09. The van der Waals surface area contributed by atoms with Crippen LogP contribution >= 0.6 is 0 Å². The monoisotopic (exact) mass is 259 g/mol. The van der Waals surface area contributed by atoms with Crippen LogP contribution in [0.25, 0.3) is 0 Å². The fourth-order valence-electron chi connectivity index (χ4n) is 1.15. The Balaban J connectivity index is 3.21. The van der Waals surface area contributed by atoms with Gasteiger partial charge in [0.05, 0.1) is 0 Å². The van der Waals surface area contributed by atoms with Crippen molar-refractivity contribution in [3.05, 3.63) is 29.6 Å². The Labute approximate surface area is 91.7 Å². The van der Waals surface area contributed by atoms with Gasteiger partial charge in [0, 0.05) is 5.56 Å². The van der Waals surface area contributed by atoms with E-state index in [0.717, 1.165) is 0 Å². The SMILES string of the molecule is N[C@@H](c1cc(F)ccc1O)C(F)(F)C(F)(F)F. The number of rotatable bonds is 2. The van der Waals surface area contributed by atoms with Gasteiger partial charge in [-0.05, 0) is 18.2 Å². The highest BCUT2D eigenvalue weighted by Gasteiger charge is 2.62. The van der Waals surface area contributed by atoms with Crippen LogP contribution in [0.15, 0.2) is 18.2 Å². The molecule has 17 heavy (non-hydrogen) atoms. The summed E-state index contributed by atoms with van der Waals surface area (Å²) in [7, 11) is 0. The lowest BCUT2D eigenvalue weighted by Gasteiger charge is -2.26. The first-order valence-corrected chi connectivity index (χ1v) is 4.26. The molecule has 0 aliphatic heterocycles. The molecule has 0 unspecified atom stereocenters. The quantitative estimate of drug-likeness (QED) is 0.802. The van der Waals surface area contributed by atoms with E-state index in [2.05, 4.69) is 0 Å². The molecule has 1 atom stereocenters. The van der Waals surface area contributed by atoms with E-state index in [0.29, 0.717) is 18.2 Å². The van der Waals surface area contributed by atoms with Crippen LogP contribution in [0.5, 0.6) is 5.75 Å². The molecule has 0 saturated heterocycles. The average molecular weight is 259 g/mol. The number of phenolic OH excluding ortho intramolecular Hbond substituents is 1. The van der Waals surface area contributed by atoms with Crippen molar-refractivity contribution in [2.75, 3.05) is 0 Å². The van der Waals surface area contributed by atoms with E-state index >= 15 is 0 Å². The minimum absolute atomic E-state index is 0.333. The Morgan fingerprint density at radius 3 is 2.12 bits per heavy atom. The number of halogens is 6. The van der Waals surface area contributed by atoms with Crippen LogP contribution in [0.1, 0.15) is 11.6 Å². The molecule has 0 bridgehead atoms. The van der Waals surface area contributed by atoms with Crippen LogP contribution in [-0.4, -0.2) is 17.2 Å². The van der Waals surface area contributed by atoms with Crippen molar-refractivity contribution >= 4 is 0 Å². The molecule has 1 aromatic carbocycles. The Kier molecular flexibility index (Phi) is 3.28. The Hall–Kier alpha value is -1.44. The third kappa shape index (κ3) is 2.46. The first-order valence-electron chi connectivity index (χ1n) is 4.26. The van der Waals surface area contributed by atoms with Gasteiger partial charge in [-0.2, -0.15) is 22.0 Å². The molecule has 2 nitrogen and oxygen atoms in total. The number of alkyl halides is 5. The Morgan fingerprint density at radius 1 is 1.12 bits per heavy atom. The molecule has 8 heteroatoms. The summed E-state index contributed by atoms with van der Waals surface area (Å²) in [5, 5.41) is 9.09. The van der Waals surface area contributed by atoms with E-state index in [9.17, 15) is 26.3 Å². The molecule has 0 spiro atoms. The summed E-state index contributed by atoms with van der Waals surface area (Å²) >= 11 is 0. The van der Waals surface area contributed by atoms with Crippen LogP contribution < -0.4 is 5.73 Å². The van der Waals surface area contributed by atoms with Gasteiger partial charge >= 0.3 is 12.1 Å². The zero-order valence-electron chi connectivity index (χ0n) is 8.10. The smallest absolute Gasteiger partial charge is 0.455 e. The number of nitrogens with two attached hydrogens (primary N) is 1. The zero-order valence-corrected chi connectivity index (χ0v) is 8.10. The number of hydrogen-bond acceptors (Lipinski definition) is 2. The molecule has 0 aromatic heterocycles. The van der Waals surface area contributed by atoms with Gasteiger partial charge in [0.15, 0.2) is 0 Å². The van der Waals surface area contributed by atoms with Gasteiger partial charge in [0.2, 0.25) is 0 Å². The maximum Gasteiger partial charge on any atom is 0.455 e. The minimum atomic E-state index is -5.88. The normalized spacial score (nSPS) is 14.8. The van der Waals surface area contributed by atoms with Gasteiger partial charge in [-0.25, -0.2) is 4.39 Å². The molecule has 1 rings (SSSR count). The van der Waals surface area contributed by atoms with Gasteiger partial charge in [-0.1, -0.05) is 0 Å². The van der Waals surface area contributed by atoms with E-state index in [4.69, 9.17) is 10.8 Å². The molecule has 96 valence electrons. The van der Waals surface area contributed by atoms with Crippen LogP contribution in [0.3, 0.4) is 0 Å². The summed E-state index contributed by atoms with van der Waals surface area (Å²) in [6, 6.07) is -1.19. The number of aromatic hydroxyl groups is 1.